The second-order valence-corrected chi connectivity index (χ2v) is 5.60. The van der Waals surface area contributed by atoms with E-state index in [1.807, 2.05) is 17.5 Å². The molecule has 3 rings (SSSR count). The summed E-state index contributed by atoms with van der Waals surface area (Å²) in [6.45, 7) is 0. The fourth-order valence-electron chi connectivity index (χ4n) is 1.76. The first-order valence-corrected chi connectivity index (χ1v) is 7.39. The summed E-state index contributed by atoms with van der Waals surface area (Å²) in [5, 5.41) is 16.7. The number of nitro benzene ring substituents is 1. The smallest absolute Gasteiger partial charge is 0.270 e. The number of non-ortho nitro benzene ring substituents is 1. The van der Waals surface area contributed by atoms with Crippen molar-refractivity contribution in [1.82, 2.24) is 10.1 Å². The number of hydrogen-bond donors (Lipinski definition) is 0. The summed E-state index contributed by atoms with van der Waals surface area (Å²) in [4.78, 5) is 15.4. The van der Waals surface area contributed by atoms with E-state index in [4.69, 9.17) is 16.1 Å². The van der Waals surface area contributed by atoms with Crippen molar-refractivity contribution >= 4 is 39.7 Å². The molecule has 0 N–H and O–H groups in total. The monoisotopic (exact) mass is 333 g/mol. The summed E-state index contributed by atoms with van der Waals surface area (Å²) in [5.74, 6) is 0.618. The summed E-state index contributed by atoms with van der Waals surface area (Å²) >= 11 is 7.63. The summed E-state index contributed by atoms with van der Waals surface area (Å²) in [6, 6.07) is 9.87. The van der Waals surface area contributed by atoms with Crippen molar-refractivity contribution in [2.75, 3.05) is 0 Å². The molecule has 0 aliphatic heterocycles. The molecule has 8 heteroatoms. The van der Waals surface area contributed by atoms with Gasteiger partial charge in [-0.25, -0.2) is 0 Å². The van der Waals surface area contributed by atoms with Gasteiger partial charge in [0, 0.05) is 12.1 Å². The highest BCUT2D eigenvalue weighted by atomic mass is 35.5. The van der Waals surface area contributed by atoms with E-state index in [1.54, 1.807) is 18.2 Å². The average molecular weight is 334 g/mol. The molecule has 22 heavy (non-hydrogen) atoms. The maximum Gasteiger partial charge on any atom is 0.270 e. The SMILES string of the molecule is O=[N+]([O-])c1cccc(/C=C(\Cl)c2nc(-c3cccs3)no2)c1. The van der Waals surface area contributed by atoms with Crippen molar-refractivity contribution in [2.24, 2.45) is 0 Å². The zero-order valence-corrected chi connectivity index (χ0v) is 12.5. The van der Waals surface area contributed by atoms with E-state index in [1.165, 1.54) is 23.5 Å². The Kier molecular flexibility index (Phi) is 3.99. The van der Waals surface area contributed by atoms with E-state index < -0.39 is 4.92 Å². The molecule has 0 atom stereocenters. The van der Waals surface area contributed by atoms with Crippen LogP contribution < -0.4 is 0 Å². The van der Waals surface area contributed by atoms with Gasteiger partial charge < -0.3 is 4.52 Å². The van der Waals surface area contributed by atoms with Crippen molar-refractivity contribution < 1.29 is 9.45 Å². The average Bonchev–Trinajstić information content (AvgIpc) is 3.18. The molecule has 0 radical (unpaired) electrons. The molecule has 0 unspecified atom stereocenters. The van der Waals surface area contributed by atoms with Crippen molar-refractivity contribution in [2.45, 2.75) is 0 Å². The van der Waals surface area contributed by atoms with Gasteiger partial charge in [0.05, 0.1) is 9.80 Å². The lowest BCUT2D eigenvalue weighted by Crippen LogP contribution is -1.87. The minimum atomic E-state index is -0.465. The molecule has 2 heterocycles. The third-order valence-corrected chi connectivity index (χ3v) is 3.88. The minimum absolute atomic E-state index is 0.0111. The van der Waals surface area contributed by atoms with Crippen LogP contribution in [-0.4, -0.2) is 15.1 Å². The predicted octanol–water partition coefficient (Wildman–Crippen LogP) is 4.44. The van der Waals surface area contributed by atoms with Crippen LogP contribution in [0.2, 0.25) is 0 Å². The normalized spacial score (nSPS) is 11.6. The topological polar surface area (TPSA) is 82.1 Å². The van der Waals surface area contributed by atoms with Gasteiger partial charge in [-0.2, -0.15) is 4.98 Å². The molecule has 6 nitrogen and oxygen atoms in total. The summed E-state index contributed by atoms with van der Waals surface area (Å²) in [6.07, 6.45) is 1.54. The fraction of sp³-hybridized carbons (Fsp3) is 0. The molecule has 0 spiro atoms. The van der Waals surface area contributed by atoms with E-state index in [-0.39, 0.29) is 16.6 Å². The molecule has 0 bridgehead atoms. The Hall–Kier alpha value is -2.51. The second kappa shape index (κ2) is 6.08. The number of rotatable bonds is 4. The van der Waals surface area contributed by atoms with E-state index in [9.17, 15) is 10.1 Å². The lowest BCUT2D eigenvalue weighted by Gasteiger charge is -1.95. The number of hydrogen-bond acceptors (Lipinski definition) is 6. The number of benzene rings is 1. The molecule has 0 aliphatic carbocycles. The van der Waals surface area contributed by atoms with Crippen LogP contribution in [0.4, 0.5) is 5.69 Å². The van der Waals surface area contributed by atoms with E-state index >= 15 is 0 Å². The number of halogens is 1. The molecule has 110 valence electrons. The van der Waals surface area contributed by atoms with Crippen LogP contribution in [0.25, 0.3) is 21.8 Å². The van der Waals surface area contributed by atoms with E-state index in [0.717, 1.165) is 4.88 Å². The van der Waals surface area contributed by atoms with Gasteiger partial charge in [0.25, 0.3) is 11.6 Å². The fourth-order valence-corrected chi connectivity index (χ4v) is 2.61. The van der Waals surface area contributed by atoms with Crippen LogP contribution in [0, 0.1) is 10.1 Å². The Morgan fingerprint density at radius 3 is 2.95 bits per heavy atom. The molecule has 0 amide bonds. The van der Waals surface area contributed by atoms with Crippen molar-refractivity contribution in [3.05, 3.63) is 63.3 Å². The highest BCUT2D eigenvalue weighted by Crippen LogP contribution is 2.26. The van der Waals surface area contributed by atoms with Crippen LogP contribution >= 0.6 is 22.9 Å². The molecule has 0 fully saturated rings. The number of nitrogens with zero attached hydrogens (tertiary/aromatic N) is 3. The number of nitro groups is 1. The Balaban J connectivity index is 1.89. The quantitative estimate of drug-likeness (QED) is 0.520. The first-order chi connectivity index (χ1) is 10.6. The summed E-state index contributed by atoms with van der Waals surface area (Å²) in [5.41, 5.74) is 0.568. The molecule has 2 aromatic heterocycles. The largest absolute Gasteiger partial charge is 0.333 e. The van der Waals surface area contributed by atoms with Crippen molar-refractivity contribution in [3.63, 3.8) is 0 Å². The molecule has 0 saturated carbocycles. The maximum atomic E-state index is 10.8. The van der Waals surface area contributed by atoms with Gasteiger partial charge in [-0.15, -0.1) is 11.3 Å². The van der Waals surface area contributed by atoms with E-state index in [0.29, 0.717) is 11.4 Å². The molecule has 0 saturated heterocycles. The van der Waals surface area contributed by atoms with Crippen LogP contribution in [0.15, 0.2) is 46.3 Å². The lowest BCUT2D eigenvalue weighted by molar-refractivity contribution is -0.384. The van der Waals surface area contributed by atoms with Gasteiger partial charge in [0.1, 0.15) is 5.03 Å². The molecule has 0 aliphatic rings. The van der Waals surface area contributed by atoms with Gasteiger partial charge >= 0.3 is 0 Å². The van der Waals surface area contributed by atoms with Crippen molar-refractivity contribution in [1.29, 1.82) is 0 Å². The van der Waals surface area contributed by atoms with Gasteiger partial charge in [0.2, 0.25) is 5.82 Å². The van der Waals surface area contributed by atoms with Gasteiger partial charge in [-0.1, -0.05) is 35.0 Å². The lowest BCUT2D eigenvalue weighted by atomic mass is 10.2. The second-order valence-electron chi connectivity index (χ2n) is 4.24. The summed E-state index contributed by atoms with van der Waals surface area (Å²) < 4.78 is 5.11. The Morgan fingerprint density at radius 1 is 1.36 bits per heavy atom. The van der Waals surface area contributed by atoms with Gasteiger partial charge in [-0.05, 0) is 23.1 Å². The molecular weight excluding hydrogens is 326 g/mol. The molecular formula is C14H8ClN3O3S. The highest BCUT2D eigenvalue weighted by Gasteiger charge is 2.12. The molecule has 3 aromatic rings. The van der Waals surface area contributed by atoms with Crippen molar-refractivity contribution in [3.8, 4) is 10.7 Å². The number of thiophene rings is 1. The maximum absolute atomic E-state index is 10.8. The van der Waals surface area contributed by atoms with Gasteiger partial charge in [0.15, 0.2) is 0 Å². The minimum Gasteiger partial charge on any atom is -0.333 e. The van der Waals surface area contributed by atoms with E-state index in [2.05, 4.69) is 10.1 Å². The Bertz CT molecular complexity index is 843. The highest BCUT2D eigenvalue weighted by molar-refractivity contribution is 7.13. The van der Waals surface area contributed by atoms with Gasteiger partial charge in [-0.3, -0.25) is 10.1 Å². The summed E-state index contributed by atoms with van der Waals surface area (Å²) in [7, 11) is 0. The Morgan fingerprint density at radius 2 is 2.23 bits per heavy atom. The third-order valence-electron chi connectivity index (χ3n) is 2.75. The van der Waals surface area contributed by atoms with Crippen LogP contribution in [0.3, 0.4) is 0 Å². The third kappa shape index (κ3) is 3.05. The first-order valence-electron chi connectivity index (χ1n) is 6.13. The zero-order chi connectivity index (χ0) is 15.5. The zero-order valence-electron chi connectivity index (χ0n) is 11.0. The Labute approximate surface area is 133 Å². The van der Waals surface area contributed by atoms with Crippen LogP contribution in [0.1, 0.15) is 11.5 Å². The van der Waals surface area contributed by atoms with Crippen LogP contribution in [-0.2, 0) is 0 Å². The first kappa shape index (κ1) is 14.4. The number of aromatic nitrogens is 2. The standard InChI is InChI=1S/C14H8ClN3O3S/c15-11(8-9-3-1-4-10(7-9)18(19)20)14-16-13(17-21-14)12-5-2-6-22-12/h1-8H/b11-8-. The van der Waals surface area contributed by atoms with Crippen LogP contribution in [0.5, 0.6) is 0 Å². The molecule has 1 aromatic carbocycles. The predicted molar refractivity (Wildman–Crippen MR) is 84.4 cm³/mol.